The highest BCUT2D eigenvalue weighted by molar-refractivity contribution is 6.29. The molecule has 0 aromatic carbocycles. The molecule has 1 heterocycles. The molecule has 1 aromatic rings. The maximum absolute atomic E-state index is 12.2. The average molecular weight is 269 g/mol. The van der Waals surface area contributed by atoms with E-state index in [1.165, 1.54) is 0 Å². The molecule has 0 radical (unpaired) electrons. The van der Waals surface area contributed by atoms with Crippen molar-refractivity contribution in [1.29, 1.82) is 0 Å². The third kappa shape index (κ3) is 3.98. The zero-order chi connectivity index (χ0) is 13.7. The van der Waals surface area contributed by atoms with E-state index in [1.807, 2.05) is 27.0 Å². The molecule has 0 saturated carbocycles. The Labute approximate surface area is 114 Å². The van der Waals surface area contributed by atoms with Gasteiger partial charge in [0.15, 0.2) is 0 Å². The van der Waals surface area contributed by atoms with E-state index in [0.717, 1.165) is 25.1 Å². The number of pyridine rings is 1. The molecule has 1 rings (SSSR count). The van der Waals surface area contributed by atoms with Gasteiger partial charge in [-0.05, 0) is 24.5 Å². The molecule has 1 aromatic heterocycles. The van der Waals surface area contributed by atoms with Crippen LogP contribution in [0.2, 0.25) is 5.15 Å². The number of aromatic nitrogens is 1. The van der Waals surface area contributed by atoms with E-state index in [1.54, 1.807) is 11.0 Å². The second-order valence-electron chi connectivity index (χ2n) is 4.84. The smallest absolute Gasteiger partial charge is 0.253 e. The number of carbonyl (C=O) groups excluding carboxylic acids is 1. The van der Waals surface area contributed by atoms with Crippen molar-refractivity contribution in [3.63, 3.8) is 0 Å². The van der Waals surface area contributed by atoms with Gasteiger partial charge < -0.3 is 4.90 Å². The van der Waals surface area contributed by atoms with Crippen molar-refractivity contribution in [2.24, 2.45) is 0 Å². The molecule has 0 aliphatic heterocycles. The SMILES string of the molecule is CCCCN(C)C(=O)c1cc(Cl)nc(C(C)C)c1. The van der Waals surface area contributed by atoms with E-state index in [0.29, 0.717) is 10.7 Å². The molecule has 0 fully saturated rings. The Kier molecular flexibility index (Phi) is 5.60. The van der Waals surface area contributed by atoms with Crippen LogP contribution in [0.1, 0.15) is 55.6 Å². The highest BCUT2D eigenvalue weighted by Crippen LogP contribution is 2.18. The van der Waals surface area contributed by atoms with E-state index in [2.05, 4.69) is 11.9 Å². The molecule has 4 heteroatoms. The van der Waals surface area contributed by atoms with Crippen LogP contribution in [0.15, 0.2) is 12.1 Å². The van der Waals surface area contributed by atoms with Gasteiger partial charge in [0.1, 0.15) is 5.15 Å². The minimum atomic E-state index is 0.00894. The monoisotopic (exact) mass is 268 g/mol. The van der Waals surface area contributed by atoms with E-state index in [-0.39, 0.29) is 11.8 Å². The summed E-state index contributed by atoms with van der Waals surface area (Å²) in [5.41, 5.74) is 1.48. The van der Waals surface area contributed by atoms with Crippen molar-refractivity contribution in [2.45, 2.75) is 39.5 Å². The molecule has 0 aliphatic carbocycles. The average Bonchev–Trinajstić information content (AvgIpc) is 2.34. The predicted octanol–water partition coefficient (Wildman–Crippen LogP) is 3.73. The third-order valence-corrected chi connectivity index (χ3v) is 3.04. The lowest BCUT2D eigenvalue weighted by Crippen LogP contribution is -2.27. The van der Waals surface area contributed by atoms with E-state index >= 15 is 0 Å². The fourth-order valence-electron chi connectivity index (χ4n) is 1.65. The summed E-state index contributed by atoms with van der Waals surface area (Å²) < 4.78 is 0. The van der Waals surface area contributed by atoms with Gasteiger partial charge >= 0.3 is 0 Å². The Morgan fingerprint density at radius 1 is 1.44 bits per heavy atom. The summed E-state index contributed by atoms with van der Waals surface area (Å²) in [6.45, 7) is 6.95. The first-order valence-corrected chi connectivity index (χ1v) is 6.76. The maximum atomic E-state index is 12.2. The number of hydrogen-bond donors (Lipinski definition) is 0. The molecule has 100 valence electrons. The standard InChI is InChI=1S/C14H21ClN2O/c1-5-6-7-17(4)14(18)11-8-12(10(2)3)16-13(15)9-11/h8-10H,5-7H2,1-4H3. The van der Waals surface area contributed by atoms with Gasteiger partial charge in [0.2, 0.25) is 0 Å². The van der Waals surface area contributed by atoms with E-state index < -0.39 is 0 Å². The van der Waals surface area contributed by atoms with Crippen LogP contribution in [0, 0.1) is 0 Å². The summed E-state index contributed by atoms with van der Waals surface area (Å²) in [5.74, 6) is 0.269. The number of unbranched alkanes of at least 4 members (excludes halogenated alkanes) is 1. The second-order valence-corrected chi connectivity index (χ2v) is 5.23. The fourth-order valence-corrected chi connectivity index (χ4v) is 1.87. The van der Waals surface area contributed by atoms with Crippen molar-refractivity contribution >= 4 is 17.5 Å². The normalized spacial score (nSPS) is 10.8. The Balaban J connectivity index is 2.91. The van der Waals surface area contributed by atoms with Gasteiger partial charge in [-0.1, -0.05) is 38.8 Å². The van der Waals surface area contributed by atoms with Gasteiger partial charge in [0, 0.05) is 24.8 Å². The molecule has 3 nitrogen and oxygen atoms in total. The van der Waals surface area contributed by atoms with E-state index in [9.17, 15) is 4.79 Å². The third-order valence-electron chi connectivity index (χ3n) is 2.85. The fraction of sp³-hybridized carbons (Fsp3) is 0.571. The summed E-state index contributed by atoms with van der Waals surface area (Å²) in [4.78, 5) is 18.2. The topological polar surface area (TPSA) is 33.2 Å². The van der Waals surface area contributed by atoms with Crippen LogP contribution in [-0.2, 0) is 0 Å². The predicted molar refractivity (Wildman–Crippen MR) is 75.2 cm³/mol. The summed E-state index contributed by atoms with van der Waals surface area (Å²) in [6, 6.07) is 3.47. The van der Waals surface area contributed by atoms with Crippen LogP contribution >= 0.6 is 11.6 Å². The van der Waals surface area contributed by atoms with Gasteiger partial charge in [0.05, 0.1) is 0 Å². The van der Waals surface area contributed by atoms with Gasteiger partial charge in [-0.15, -0.1) is 0 Å². The van der Waals surface area contributed by atoms with Crippen molar-refractivity contribution in [3.8, 4) is 0 Å². The molecular formula is C14H21ClN2O. The van der Waals surface area contributed by atoms with Gasteiger partial charge in [0.25, 0.3) is 5.91 Å². The summed E-state index contributed by atoms with van der Waals surface area (Å²) in [6.07, 6.45) is 2.09. The van der Waals surface area contributed by atoms with Crippen LogP contribution in [0.3, 0.4) is 0 Å². The zero-order valence-corrected chi connectivity index (χ0v) is 12.3. The Hall–Kier alpha value is -1.09. The number of rotatable bonds is 5. The van der Waals surface area contributed by atoms with Crippen molar-refractivity contribution < 1.29 is 4.79 Å². The molecule has 0 saturated heterocycles. The first kappa shape index (κ1) is 15.0. The number of hydrogen-bond acceptors (Lipinski definition) is 2. The molecule has 0 bridgehead atoms. The highest BCUT2D eigenvalue weighted by atomic mass is 35.5. The number of halogens is 1. The molecule has 0 spiro atoms. The Morgan fingerprint density at radius 3 is 2.67 bits per heavy atom. The largest absolute Gasteiger partial charge is 0.342 e. The molecular weight excluding hydrogens is 248 g/mol. The lowest BCUT2D eigenvalue weighted by atomic mass is 10.1. The van der Waals surface area contributed by atoms with Gasteiger partial charge in [-0.2, -0.15) is 0 Å². The molecule has 0 aliphatic rings. The quantitative estimate of drug-likeness (QED) is 0.763. The minimum absolute atomic E-state index is 0.00894. The number of amides is 1. The molecule has 18 heavy (non-hydrogen) atoms. The zero-order valence-electron chi connectivity index (χ0n) is 11.5. The first-order chi connectivity index (χ1) is 8.45. The first-order valence-electron chi connectivity index (χ1n) is 6.38. The molecule has 0 N–H and O–H groups in total. The lowest BCUT2D eigenvalue weighted by molar-refractivity contribution is 0.0793. The number of nitrogens with zero attached hydrogens (tertiary/aromatic N) is 2. The van der Waals surface area contributed by atoms with Gasteiger partial charge in [-0.25, -0.2) is 4.98 Å². The van der Waals surface area contributed by atoms with Crippen molar-refractivity contribution in [1.82, 2.24) is 9.88 Å². The van der Waals surface area contributed by atoms with Crippen LogP contribution < -0.4 is 0 Å². The van der Waals surface area contributed by atoms with Crippen LogP contribution in [0.5, 0.6) is 0 Å². The Morgan fingerprint density at radius 2 is 2.11 bits per heavy atom. The van der Waals surface area contributed by atoms with E-state index in [4.69, 9.17) is 11.6 Å². The lowest BCUT2D eigenvalue weighted by Gasteiger charge is -2.17. The Bertz CT molecular complexity index is 418. The van der Waals surface area contributed by atoms with Gasteiger partial charge in [-0.3, -0.25) is 4.79 Å². The van der Waals surface area contributed by atoms with Crippen LogP contribution in [-0.4, -0.2) is 29.4 Å². The molecule has 0 unspecified atom stereocenters. The minimum Gasteiger partial charge on any atom is -0.342 e. The highest BCUT2D eigenvalue weighted by Gasteiger charge is 2.14. The summed E-state index contributed by atoms with van der Waals surface area (Å²) >= 11 is 5.97. The van der Waals surface area contributed by atoms with Crippen LogP contribution in [0.25, 0.3) is 0 Å². The van der Waals surface area contributed by atoms with Crippen LogP contribution in [0.4, 0.5) is 0 Å². The summed E-state index contributed by atoms with van der Waals surface area (Å²) in [5, 5.41) is 0.383. The number of carbonyl (C=O) groups is 1. The maximum Gasteiger partial charge on any atom is 0.253 e. The van der Waals surface area contributed by atoms with Crippen molar-refractivity contribution in [2.75, 3.05) is 13.6 Å². The molecule has 0 atom stereocenters. The molecule has 1 amide bonds. The second kappa shape index (κ2) is 6.74. The van der Waals surface area contributed by atoms with Crippen molar-refractivity contribution in [3.05, 3.63) is 28.5 Å². The summed E-state index contributed by atoms with van der Waals surface area (Å²) in [7, 11) is 1.82.